The fraction of sp³-hybridized carbons (Fsp3) is 0.400. The van der Waals surface area contributed by atoms with Gasteiger partial charge in [-0.05, 0) is 36.1 Å². The average Bonchev–Trinajstić information content (AvgIpc) is 2.56. The fourth-order valence-corrected chi connectivity index (χ4v) is 2.49. The van der Waals surface area contributed by atoms with Crippen LogP contribution in [-0.4, -0.2) is 24.4 Å². The lowest BCUT2D eigenvalue weighted by molar-refractivity contribution is -0.126. The second-order valence-electron chi connectivity index (χ2n) is 6.20. The summed E-state index contributed by atoms with van der Waals surface area (Å²) in [6, 6.07) is 2.09. The predicted molar refractivity (Wildman–Crippen MR) is 98.4 cm³/mol. The van der Waals surface area contributed by atoms with Gasteiger partial charge in [0.05, 0.1) is 0 Å². The summed E-state index contributed by atoms with van der Waals surface area (Å²) in [6.45, 7) is 7.80. The molecule has 0 heterocycles. The molecule has 4 nitrogen and oxygen atoms in total. The first-order valence-corrected chi connectivity index (χ1v) is 8.68. The van der Waals surface area contributed by atoms with E-state index in [0.29, 0.717) is 0 Å². The molecule has 26 heavy (non-hydrogen) atoms. The number of halogens is 2. The minimum Gasteiger partial charge on any atom is -0.351 e. The molecule has 0 fully saturated rings. The van der Waals surface area contributed by atoms with Crippen molar-refractivity contribution in [3.05, 3.63) is 60.2 Å². The number of allylic oxidation sites excluding steroid dienone is 1. The molecule has 1 aromatic carbocycles. The smallest absolute Gasteiger partial charge is 0.244 e. The number of hydrogen-bond acceptors (Lipinski definition) is 2. The summed E-state index contributed by atoms with van der Waals surface area (Å²) in [5, 5.41) is 5.18. The Morgan fingerprint density at radius 1 is 1.23 bits per heavy atom. The molecule has 0 radical (unpaired) electrons. The molecule has 2 atom stereocenters. The minimum atomic E-state index is -0.949. The lowest BCUT2D eigenvalue weighted by Crippen LogP contribution is -2.47. The monoisotopic (exact) mass is 364 g/mol. The van der Waals surface area contributed by atoms with Crippen molar-refractivity contribution in [1.82, 2.24) is 10.6 Å². The number of carbonyl (C=O) groups excluding carboxylic acids is 2. The summed E-state index contributed by atoms with van der Waals surface area (Å²) in [4.78, 5) is 24.4. The molecule has 0 bridgehead atoms. The van der Waals surface area contributed by atoms with E-state index in [0.717, 1.165) is 31.0 Å². The Balaban J connectivity index is 2.85. The summed E-state index contributed by atoms with van der Waals surface area (Å²) in [5.74, 6) is -2.09. The molecule has 1 aromatic rings. The maximum atomic E-state index is 13.4. The molecule has 0 saturated heterocycles. The van der Waals surface area contributed by atoms with Crippen molar-refractivity contribution in [2.45, 2.75) is 39.2 Å². The highest BCUT2D eigenvalue weighted by atomic mass is 19.1. The van der Waals surface area contributed by atoms with Gasteiger partial charge in [0.15, 0.2) is 0 Å². The average molecular weight is 364 g/mol. The molecule has 142 valence electrons. The number of amides is 2. The molecule has 1 rings (SSSR count). The molecule has 0 aromatic heterocycles. The van der Waals surface area contributed by atoms with Crippen LogP contribution >= 0.6 is 0 Å². The van der Waals surface area contributed by atoms with Crippen LogP contribution in [0.15, 0.2) is 43.0 Å². The number of benzene rings is 1. The third-order valence-corrected chi connectivity index (χ3v) is 3.74. The van der Waals surface area contributed by atoms with Gasteiger partial charge in [-0.1, -0.05) is 32.4 Å². The van der Waals surface area contributed by atoms with Gasteiger partial charge in [0, 0.05) is 19.0 Å². The Labute approximate surface area is 153 Å². The molecular weight excluding hydrogens is 338 g/mol. The van der Waals surface area contributed by atoms with E-state index in [1.807, 2.05) is 6.92 Å². The molecule has 2 N–H and O–H groups in total. The van der Waals surface area contributed by atoms with E-state index in [4.69, 9.17) is 0 Å². The van der Waals surface area contributed by atoms with Crippen molar-refractivity contribution in [1.29, 1.82) is 0 Å². The predicted octanol–water partition coefficient (Wildman–Crippen LogP) is 3.29. The van der Waals surface area contributed by atoms with Gasteiger partial charge >= 0.3 is 0 Å². The van der Waals surface area contributed by atoms with Gasteiger partial charge in [-0.15, -0.1) is 6.58 Å². The molecule has 0 aliphatic carbocycles. The molecule has 0 saturated carbocycles. The molecule has 0 spiro atoms. The van der Waals surface area contributed by atoms with Crippen LogP contribution < -0.4 is 10.6 Å². The highest BCUT2D eigenvalue weighted by molar-refractivity contribution is 5.93. The zero-order valence-corrected chi connectivity index (χ0v) is 15.2. The minimum absolute atomic E-state index is 0.0260. The molecule has 2 unspecified atom stereocenters. The van der Waals surface area contributed by atoms with Crippen LogP contribution in [0.3, 0.4) is 0 Å². The van der Waals surface area contributed by atoms with E-state index >= 15 is 0 Å². The Morgan fingerprint density at radius 3 is 2.46 bits per heavy atom. The topological polar surface area (TPSA) is 58.2 Å². The van der Waals surface area contributed by atoms with E-state index in [9.17, 15) is 18.4 Å². The van der Waals surface area contributed by atoms with E-state index in [1.165, 1.54) is 12.2 Å². The van der Waals surface area contributed by atoms with Gasteiger partial charge in [0.1, 0.15) is 17.7 Å². The summed E-state index contributed by atoms with van der Waals surface area (Å²) >= 11 is 0. The van der Waals surface area contributed by atoms with E-state index in [1.54, 1.807) is 6.08 Å². The van der Waals surface area contributed by atoms with Crippen LogP contribution in [0.2, 0.25) is 0 Å². The van der Waals surface area contributed by atoms with Gasteiger partial charge in [0.2, 0.25) is 11.8 Å². The van der Waals surface area contributed by atoms with Crippen LogP contribution in [0.5, 0.6) is 0 Å². The zero-order valence-electron chi connectivity index (χ0n) is 15.2. The van der Waals surface area contributed by atoms with Crippen LogP contribution in [-0.2, 0) is 16.0 Å². The fourth-order valence-electron chi connectivity index (χ4n) is 2.49. The maximum Gasteiger partial charge on any atom is 0.244 e. The van der Waals surface area contributed by atoms with Gasteiger partial charge in [0.25, 0.3) is 0 Å². The Kier molecular flexibility index (Phi) is 9.26. The van der Waals surface area contributed by atoms with Gasteiger partial charge in [-0.25, -0.2) is 8.78 Å². The summed E-state index contributed by atoms with van der Waals surface area (Å²) in [7, 11) is 0. The van der Waals surface area contributed by atoms with Crippen LogP contribution in [0, 0.1) is 17.6 Å². The second kappa shape index (κ2) is 11.2. The van der Waals surface area contributed by atoms with Crippen molar-refractivity contribution >= 4 is 11.8 Å². The highest BCUT2D eigenvalue weighted by Gasteiger charge is 2.20. The molecule has 2 amide bonds. The third-order valence-electron chi connectivity index (χ3n) is 3.74. The first-order valence-electron chi connectivity index (χ1n) is 8.68. The van der Waals surface area contributed by atoms with Crippen molar-refractivity contribution < 1.29 is 18.4 Å². The molecule has 6 heteroatoms. The van der Waals surface area contributed by atoms with Crippen LogP contribution in [0.1, 0.15) is 32.3 Å². The molecular formula is C20H26F2N2O2. The Hall–Kier alpha value is -2.50. The van der Waals surface area contributed by atoms with Crippen molar-refractivity contribution in [2.75, 3.05) is 6.54 Å². The molecule has 0 aliphatic rings. The van der Waals surface area contributed by atoms with E-state index in [-0.39, 0.29) is 24.4 Å². The highest BCUT2D eigenvalue weighted by Crippen LogP contribution is 2.11. The molecule has 0 aliphatic heterocycles. The Morgan fingerprint density at radius 2 is 1.88 bits per heavy atom. The lowest BCUT2D eigenvalue weighted by atomic mass is 10.0. The number of hydrogen-bond donors (Lipinski definition) is 2. The second-order valence-corrected chi connectivity index (χ2v) is 6.20. The van der Waals surface area contributed by atoms with E-state index in [2.05, 4.69) is 24.1 Å². The maximum absolute atomic E-state index is 13.4. The zero-order chi connectivity index (χ0) is 19.5. The van der Waals surface area contributed by atoms with Crippen LogP contribution in [0.4, 0.5) is 8.78 Å². The number of nitrogens with one attached hydrogen (secondary N) is 2. The number of carbonyl (C=O) groups is 2. The largest absolute Gasteiger partial charge is 0.351 e. The van der Waals surface area contributed by atoms with Crippen molar-refractivity contribution in [2.24, 2.45) is 5.92 Å². The first-order chi connectivity index (χ1) is 12.3. The summed E-state index contributed by atoms with van der Waals surface area (Å²) in [6.07, 6.45) is 6.60. The SMILES string of the molecule is C=CCNC(=O)C(Cc1cc(F)cc(F)c1)NC(=O)/C=C/C(C)CCC. The van der Waals surface area contributed by atoms with Gasteiger partial charge in [-0.3, -0.25) is 9.59 Å². The quantitative estimate of drug-likeness (QED) is 0.494. The summed E-state index contributed by atoms with van der Waals surface area (Å²) in [5.41, 5.74) is 0.282. The van der Waals surface area contributed by atoms with Crippen molar-refractivity contribution in [3.8, 4) is 0 Å². The Bertz CT molecular complexity index is 639. The number of rotatable bonds is 10. The van der Waals surface area contributed by atoms with Crippen molar-refractivity contribution in [3.63, 3.8) is 0 Å². The van der Waals surface area contributed by atoms with Gasteiger partial charge in [-0.2, -0.15) is 0 Å². The normalized spacial score (nSPS) is 13.2. The third kappa shape index (κ3) is 8.05. The van der Waals surface area contributed by atoms with Crippen LogP contribution in [0.25, 0.3) is 0 Å². The van der Waals surface area contributed by atoms with Gasteiger partial charge < -0.3 is 10.6 Å². The standard InChI is InChI=1S/C20H26F2N2O2/c1-4-6-14(3)7-8-19(25)24-18(20(26)23-9-5-2)12-15-10-16(21)13-17(22)11-15/h5,7-8,10-11,13-14,18H,2,4,6,9,12H2,1,3H3,(H,23,26)(H,24,25)/b8-7+. The lowest BCUT2D eigenvalue weighted by Gasteiger charge is -2.17. The van der Waals surface area contributed by atoms with E-state index < -0.39 is 29.5 Å². The summed E-state index contributed by atoms with van der Waals surface area (Å²) < 4.78 is 26.7. The first kappa shape index (κ1) is 21.5.